The smallest absolute Gasteiger partial charge is 0.336 e. The topological polar surface area (TPSA) is 92.9 Å². The van der Waals surface area contributed by atoms with E-state index in [-0.39, 0.29) is 12.4 Å². The molecule has 1 heterocycles. The molecule has 3 N–H and O–H groups in total. The number of carbonyl (C=O) groups is 2. The molecule has 2 rings (SSSR count). The zero-order valence-corrected chi connectivity index (χ0v) is 13.9. The number of ether oxygens (including phenoxy) is 1. The third-order valence-electron chi connectivity index (χ3n) is 4.14. The summed E-state index contributed by atoms with van der Waals surface area (Å²) in [6.07, 6.45) is 0.590. The van der Waals surface area contributed by atoms with Crippen LogP contribution in [0.15, 0.2) is 30.3 Å². The minimum atomic E-state index is -1.31. The monoisotopic (exact) mass is 342 g/mol. The van der Waals surface area contributed by atoms with E-state index < -0.39 is 30.1 Å². The number of amides is 1. The van der Waals surface area contributed by atoms with Gasteiger partial charge in [0.05, 0.1) is 19.2 Å². The molecule has 0 unspecified atom stereocenters. The van der Waals surface area contributed by atoms with Crippen LogP contribution in [0.2, 0.25) is 0 Å². The molecular weight excluding hydrogens is 320 g/mol. The molecule has 3 atom stereocenters. The van der Waals surface area contributed by atoms with Gasteiger partial charge in [0, 0.05) is 0 Å². The summed E-state index contributed by atoms with van der Waals surface area (Å²) in [6, 6.07) is 8.55. The number of hydrogen-bond donors (Lipinski definition) is 2. The number of hydrogen-bond acceptors (Lipinski definition) is 5. The number of rotatable bonds is 6. The van der Waals surface area contributed by atoms with E-state index >= 15 is 0 Å². The second kappa shape index (κ2) is 8.86. The molecule has 128 valence electrons. The number of carbonyl (C=O) groups excluding carboxylic acids is 2. The number of aliphatic hydroxyl groups is 1. The standard InChI is InChI=1S/C16H22N2O4.ClH/c1-22-16(21)14(19)13(10-11-6-3-2-4-7-11)18-9-5-8-12(18)15(17)20;/h2-4,6-7,12-14,19H,5,8-10H2,1H3,(H2,17,20);1H/t12-,13-,14+;/m0./s1. The maximum Gasteiger partial charge on any atom is 0.336 e. The molecule has 0 spiro atoms. The van der Waals surface area contributed by atoms with Crippen molar-refractivity contribution in [2.75, 3.05) is 13.7 Å². The first-order valence-electron chi connectivity index (χ1n) is 7.39. The van der Waals surface area contributed by atoms with Crippen molar-refractivity contribution in [3.8, 4) is 0 Å². The Morgan fingerprint density at radius 3 is 2.61 bits per heavy atom. The highest BCUT2D eigenvalue weighted by Crippen LogP contribution is 2.24. The van der Waals surface area contributed by atoms with Crippen LogP contribution >= 0.6 is 12.4 Å². The van der Waals surface area contributed by atoms with Crippen LogP contribution in [0.1, 0.15) is 18.4 Å². The van der Waals surface area contributed by atoms with Crippen LogP contribution in [-0.4, -0.2) is 53.7 Å². The first-order chi connectivity index (χ1) is 10.5. The summed E-state index contributed by atoms with van der Waals surface area (Å²) in [5.41, 5.74) is 6.43. The number of methoxy groups -OCH3 is 1. The maximum atomic E-state index is 11.8. The van der Waals surface area contributed by atoms with Crippen LogP contribution in [-0.2, 0) is 20.7 Å². The Kier molecular flexibility index (Phi) is 7.48. The first-order valence-corrected chi connectivity index (χ1v) is 7.39. The van der Waals surface area contributed by atoms with Gasteiger partial charge < -0.3 is 15.6 Å². The van der Waals surface area contributed by atoms with Crippen molar-refractivity contribution < 1.29 is 19.4 Å². The van der Waals surface area contributed by atoms with Crippen molar-refractivity contribution in [3.05, 3.63) is 35.9 Å². The fraction of sp³-hybridized carbons (Fsp3) is 0.500. The molecule has 0 bridgehead atoms. The molecule has 1 aromatic carbocycles. The molecule has 1 amide bonds. The number of aliphatic hydroxyl groups excluding tert-OH is 1. The first kappa shape index (κ1) is 19.4. The van der Waals surface area contributed by atoms with Gasteiger partial charge >= 0.3 is 5.97 Å². The number of benzene rings is 1. The van der Waals surface area contributed by atoms with Crippen molar-refractivity contribution in [3.63, 3.8) is 0 Å². The van der Waals surface area contributed by atoms with E-state index in [0.29, 0.717) is 19.4 Å². The molecule has 23 heavy (non-hydrogen) atoms. The summed E-state index contributed by atoms with van der Waals surface area (Å²) in [4.78, 5) is 25.2. The van der Waals surface area contributed by atoms with Gasteiger partial charge in [-0.15, -0.1) is 12.4 Å². The van der Waals surface area contributed by atoms with Gasteiger partial charge in [0.15, 0.2) is 6.10 Å². The number of nitrogens with two attached hydrogens (primary N) is 1. The fourth-order valence-electron chi connectivity index (χ4n) is 3.04. The van der Waals surface area contributed by atoms with Gasteiger partial charge in [0.25, 0.3) is 0 Å². The molecule has 0 radical (unpaired) electrons. The number of halogens is 1. The highest BCUT2D eigenvalue weighted by molar-refractivity contribution is 5.85. The molecular formula is C16H23ClN2O4. The van der Waals surface area contributed by atoms with Crippen LogP contribution in [0.4, 0.5) is 0 Å². The fourth-order valence-corrected chi connectivity index (χ4v) is 3.04. The summed E-state index contributed by atoms with van der Waals surface area (Å²) < 4.78 is 4.65. The number of primary amides is 1. The molecule has 1 aliphatic heterocycles. The van der Waals surface area contributed by atoms with Crippen molar-refractivity contribution in [1.82, 2.24) is 4.90 Å². The van der Waals surface area contributed by atoms with Crippen molar-refractivity contribution in [1.29, 1.82) is 0 Å². The Hall–Kier alpha value is -1.63. The number of esters is 1. The molecule has 0 aromatic heterocycles. The lowest BCUT2D eigenvalue weighted by Gasteiger charge is -2.33. The SMILES string of the molecule is COC(=O)[C@H](O)[C@H](Cc1ccccc1)N1CCC[C@H]1C(N)=O.Cl. The van der Waals surface area contributed by atoms with Crippen molar-refractivity contribution in [2.45, 2.75) is 37.5 Å². The van der Waals surface area contributed by atoms with E-state index in [1.165, 1.54) is 7.11 Å². The Morgan fingerprint density at radius 1 is 1.39 bits per heavy atom. The second-order valence-corrected chi connectivity index (χ2v) is 5.52. The highest BCUT2D eigenvalue weighted by Gasteiger charge is 2.40. The molecule has 1 aliphatic rings. The highest BCUT2D eigenvalue weighted by atomic mass is 35.5. The lowest BCUT2D eigenvalue weighted by atomic mass is 9.98. The van der Waals surface area contributed by atoms with E-state index in [9.17, 15) is 14.7 Å². The molecule has 1 saturated heterocycles. The normalized spacial score (nSPS) is 20.3. The van der Waals surface area contributed by atoms with E-state index in [0.717, 1.165) is 12.0 Å². The summed E-state index contributed by atoms with van der Waals surface area (Å²) in [6.45, 7) is 0.624. The summed E-state index contributed by atoms with van der Waals surface area (Å²) in [5, 5.41) is 10.3. The van der Waals surface area contributed by atoms with E-state index in [1.807, 2.05) is 35.2 Å². The van der Waals surface area contributed by atoms with Gasteiger partial charge in [-0.2, -0.15) is 0 Å². The molecule has 0 saturated carbocycles. The van der Waals surface area contributed by atoms with Gasteiger partial charge in [-0.05, 0) is 31.4 Å². The van der Waals surface area contributed by atoms with Gasteiger partial charge in [0.1, 0.15) is 0 Å². The third kappa shape index (κ3) is 4.67. The van der Waals surface area contributed by atoms with Gasteiger partial charge in [0.2, 0.25) is 5.91 Å². The number of likely N-dealkylation sites (tertiary alicyclic amines) is 1. The number of nitrogens with zero attached hydrogens (tertiary/aromatic N) is 1. The molecule has 1 aromatic rings. The average molecular weight is 343 g/mol. The molecule has 6 nitrogen and oxygen atoms in total. The largest absolute Gasteiger partial charge is 0.467 e. The molecule has 7 heteroatoms. The predicted molar refractivity (Wildman–Crippen MR) is 88.1 cm³/mol. The van der Waals surface area contributed by atoms with Crippen molar-refractivity contribution in [2.24, 2.45) is 5.73 Å². The predicted octanol–water partition coefficient (Wildman–Crippen LogP) is 0.503. The van der Waals surface area contributed by atoms with Gasteiger partial charge in [-0.1, -0.05) is 30.3 Å². The Labute approximate surface area is 142 Å². The third-order valence-corrected chi connectivity index (χ3v) is 4.14. The van der Waals surface area contributed by atoms with Crippen LogP contribution in [0.25, 0.3) is 0 Å². The second-order valence-electron chi connectivity index (χ2n) is 5.52. The maximum absolute atomic E-state index is 11.8. The minimum Gasteiger partial charge on any atom is -0.467 e. The summed E-state index contributed by atoms with van der Waals surface area (Å²) in [7, 11) is 1.24. The average Bonchev–Trinajstić information content (AvgIpc) is 3.01. The Bertz CT molecular complexity index is 526. The van der Waals surface area contributed by atoms with E-state index in [2.05, 4.69) is 4.74 Å². The van der Waals surface area contributed by atoms with Gasteiger partial charge in [-0.3, -0.25) is 9.69 Å². The zero-order chi connectivity index (χ0) is 16.1. The van der Waals surface area contributed by atoms with Gasteiger partial charge in [-0.25, -0.2) is 4.79 Å². The molecule has 1 fully saturated rings. The van der Waals surface area contributed by atoms with Crippen LogP contribution in [0.3, 0.4) is 0 Å². The van der Waals surface area contributed by atoms with Crippen LogP contribution < -0.4 is 5.73 Å². The zero-order valence-electron chi connectivity index (χ0n) is 13.1. The Balaban J connectivity index is 0.00000264. The molecule has 0 aliphatic carbocycles. The van der Waals surface area contributed by atoms with E-state index in [1.54, 1.807) is 0 Å². The summed E-state index contributed by atoms with van der Waals surface area (Å²) in [5.74, 6) is -1.12. The minimum absolute atomic E-state index is 0. The van der Waals surface area contributed by atoms with Crippen LogP contribution in [0, 0.1) is 0 Å². The lowest BCUT2D eigenvalue weighted by Crippen LogP contribution is -2.53. The summed E-state index contributed by atoms with van der Waals surface area (Å²) >= 11 is 0. The lowest BCUT2D eigenvalue weighted by molar-refractivity contribution is -0.155. The van der Waals surface area contributed by atoms with Crippen molar-refractivity contribution >= 4 is 24.3 Å². The Morgan fingerprint density at radius 2 is 2.04 bits per heavy atom. The van der Waals surface area contributed by atoms with E-state index in [4.69, 9.17) is 5.73 Å². The quantitative estimate of drug-likeness (QED) is 0.734. The van der Waals surface area contributed by atoms with Crippen LogP contribution in [0.5, 0.6) is 0 Å².